The van der Waals surface area contributed by atoms with Crippen molar-refractivity contribution in [2.45, 2.75) is 70.4 Å². The molecule has 3 rings (SSSR count). The van der Waals surface area contributed by atoms with E-state index in [1.165, 1.54) is 64.5 Å². The zero-order valence-electron chi connectivity index (χ0n) is 14.1. The lowest BCUT2D eigenvalue weighted by atomic mass is 9.70. The third kappa shape index (κ3) is 4.43. The normalized spacial score (nSPS) is 35.3. The summed E-state index contributed by atoms with van der Waals surface area (Å²) < 4.78 is 5.53. The Morgan fingerprint density at radius 2 is 1.71 bits per heavy atom. The second kappa shape index (κ2) is 6.97. The highest BCUT2D eigenvalue weighted by Crippen LogP contribution is 2.40. The third-order valence-electron chi connectivity index (χ3n) is 6.08. The van der Waals surface area contributed by atoms with Crippen molar-refractivity contribution in [2.75, 3.05) is 33.4 Å². The van der Waals surface area contributed by atoms with Gasteiger partial charge in [-0.3, -0.25) is 0 Å². The first-order chi connectivity index (χ1) is 10.2. The van der Waals surface area contributed by atoms with Crippen LogP contribution in [0.15, 0.2) is 0 Å². The van der Waals surface area contributed by atoms with Crippen LogP contribution in [0.5, 0.6) is 0 Å². The van der Waals surface area contributed by atoms with Crippen molar-refractivity contribution in [1.82, 2.24) is 10.2 Å². The van der Waals surface area contributed by atoms with Crippen LogP contribution in [0.3, 0.4) is 0 Å². The minimum absolute atomic E-state index is 0.530. The lowest BCUT2D eigenvalue weighted by Crippen LogP contribution is -2.49. The number of nitrogens with one attached hydrogen (secondary N) is 1. The van der Waals surface area contributed by atoms with E-state index in [0.717, 1.165) is 31.2 Å². The van der Waals surface area contributed by atoms with E-state index in [-0.39, 0.29) is 0 Å². The van der Waals surface area contributed by atoms with Gasteiger partial charge in [-0.15, -0.1) is 0 Å². The molecule has 0 unspecified atom stereocenters. The molecule has 3 heteroatoms. The molecule has 0 radical (unpaired) electrons. The van der Waals surface area contributed by atoms with Crippen molar-refractivity contribution in [3.8, 4) is 0 Å². The average Bonchev–Trinajstić information content (AvgIpc) is 3.33. The van der Waals surface area contributed by atoms with Gasteiger partial charge in [-0.25, -0.2) is 0 Å². The van der Waals surface area contributed by atoms with Crippen molar-refractivity contribution in [3.63, 3.8) is 0 Å². The molecule has 0 amide bonds. The van der Waals surface area contributed by atoms with E-state index in [2.05, 4.69) is 24.2 Å². The molecular formula is C18H34N2O. The standard InChI is InChI=1S/C18H34N2O/c1-15-5-9-18(10-6-15,13-19-16-3-4-16)14-20(2)17-7-11-21-12-8-17/h15-17,19H,3-14H2,1-2H3. The largest absolute Gasteiger partial charge is 0.381 e. The van der Waals surface area contributed by atoms with Crippen molar-refractivity contribution >= 4 is 0 Å². The molecule has 0 bridgehead atoms. The molecule has 3 fully saturated rings. The van der Waals surface area contributed by atoms with Gasteiger partial charge < -0.3 is 15.0 Å². The maximum atomic E-state index is 5.53. The van der Waals surface area contributed by atoms with Crippen LogP contribution in [-0.2, 0) is 4.74 Å². The third-order valence-corrected chi connectivity index (χ3v) is 6.08. The second-order valence-corrected chi connectivity index (χ2v) is 8.10. The van der Waals surface area contributed by atoms with Gasteiger partial charge in [0.25, 0.3) is 0 Å². The zero-order valence-corrected chi connectivity index (χ0v) is 14.1. The number of ether oxygens (including phenoxy) is 1. The molecule has 0 aromatic heterocycles. The van der Waals surface area contributed by atoms with Crippen molar-refractivity contribution in [2.24, 2.45) is 11.3 Å². The van der Waals surface area contributed by atoms with E-state index in [9.17, 15) is 0 Å². The molecule has 2 saturated carbocycles. The molecule has 3 aliphatic rings. The summed E-state index contributed by atoms with van der Waals surface area (Å²) in [5.41, 5.74) is 0.530. The molecule has 0 spiro atoms. The molecule has 1 saturated heterocycles. The summed E-state index contributed by atoms with van der Waals surface area (Å²) >= 11 is 0. The molecule has 1 N–H and O–H groups in total. The van der Waals surface area contributed by atoms with Crippen LogP contribution in [0.4, 0.5) is 0 Å². The molecule has 0 aromatic carbocycles. The van der Waals surface area contributed by atoms with Gasteiger partial charge in [0.05, 0.1) is 0 Å². The number of hydrogen-bond acceptors (Lipinski definition) is 3. The van der Waals surface area contributed by atoms with Gasteiger partial charge in [-0.05, 0) is 56.9 Å². The summed E-state index contributed by atoms with van der Waals surface area (Å²) in [6, 6.07) is 1.59. The van der Waals surface area contributed by atoms with Crippen LogP contribution in [0, 0.1) is 11.3 Å². The molecule has 1 aliphatic heterocycles. The van der Waals surface area contributed by atoms with E-state index in [4.69, 9.17) is 4.74 Å². The van der Waals surface area contributed by atoms with Crippen LogP contribution in [-0.4, -0.2) is 50.3 Å². The fourth-order valence-corrected chi connectivity index (χ4v) is 4.20. The molecule has 21 heavy (non-hydrogen) atoms. The number of rotatable bonds is 6. The summed E-state index contributed by atoms with van der Waals surface area (Å²) in [5, 5.41) is 3.84. The van der Waals surface area contributed by atoms with E-state index < -0.39 is 0 Å². The Bertz CT molecular complexity index is 315. The highest BCUT2D eigenvalue weighted by atomic mass is 16.5. The van der Waals surface area contributed by atoms with E-state index >= 15 is 0 Å². The summed E-state index contributed by atoms with van der Waals surface area (Å²) in [6.07, 6.45) is 10.9. The minimum atomic E-state index is 0.530. The van der Waals surface area contributed by atoms with Crippen LogP contribution >= 0.6 is 0 Å². The predicted octanol–water partition coefficient (Wildman–Crippen LogP) is 3.05. The molecule has 2 aliphatic carbocycles. The monoisotopic (exact) mass is 294 g/mol. The van der Waals surface area contributed by atoms with Crippen LogP contribution in [0.2, 0.25) is 0 Å². The highest BCUT2D eigenvalue weighted by molar-refractivity contribution is 4.93. The van der Waals surface area contributed by atoms with Crippen LogP contribution < -0.4 is 5.32 Å². The number of hydrogen-bond donors (Lipinski definition) is 1. The molecule has 3 nitrogen and oxygen atoms in total. The molecule has 0 aromatic rings. The quantitative estimate of drug-likeness (QED) is 0.815. The van der Waals surface area contributed by atoms with Crippen molar-refractivity contribution in [3.05, 3.63) is 0 Å². The van der Waals surface area contributed by atoms with Gasteiger partial charge >= 0.3 is 0 Å². The predicted molar refractivity (Wildman–Crippen MR) is 87.6 cm³/mol. The van der Waals surface area contributed by atoms with E-state index in [0.29, 0.717) is 5.41 Å². The lowest BCUT2D eigenvalue weighted by molar-refractivity contribution is 0.0162. The Balaban J connectivity index is 1.57. The minimum Gasteiger partial charge on any atom is -0.381 e. The first-order valence-corrected chi connectivity index (χ1v) is 9.18. The Kier molecular flexibility index (Phi) is 5.23. The topological polar surface area (TPSA) is 24.5 Å². The summed E-state index contributed by atoms with van der Waals surface area (Å²) in [7, 11) is 2.35. The number of nitrogens with zero attached hydrogens (tertiary/aromatic N) is 1. The van der Waals surface area contributed by atoms with Crippen molar-refractivity contribution < 1.29 is 4.74 Å². The van der Waals surface area contributed by atoms with Gasteiger partial charge in [0.1, 0.15) is 0 Å². The Hall–Kier alpha value is -0.120. The molecular weight excluding hydrogens is 260 g/mol. The Morgan fingerprint density at radius 1 is 1.05 bits per heavy atom. The summed E-state index contributed by atoms with van der Waals surface area (Å²) in [5.74, 6) is 0.937. The molecule has 122 valence electrons. The van der Waals surface area contributed by atoms with Gasteiger partial charge in [-0.2, -0.15) is 0 Å². The summed E-state index contributed by atoms with van der Waals surface area (Å²) in [6.45, 7) is 6.88. The summed E-state index contributed by atoms with van der Waals surface area (Å²) in [4.78, 5) is 2.66. The van der Waals surface area contributed by atoms with E-state index in [1.54, 1.807) is 0 Å². The Labute approximate surface area is 130 Å². The van der Waals surface area contributed by atoms with Crippen LogP contribution in [0.1, 0.15) is 58.3 Å². The van der Waals surface area contributed by atoms with Gasteiger partial charge in [0.2, 0.25) is 0 Å². The first kappa shape index (κ1) is 15.8. The lowest BCUT2D eigenvalue weighted by Gasteiger charge is -2.44. The fraction of sp³-hybridized carbons (Fsp3) is 1.00. The van der Waals surface area contributed by atoms with Crippen molar-refractivity contribution in [1.29, 1.82) is 0 Å². The molecule has 1 heterocycles. The van der Waals surface area contributed by atoms with Gasteiger partial charge in [0.15, 0.2) is 0 Å². The maximum Gasteiger partial charge on any atom is 0.0480 e. The van der Waals surface area contributed by atoms with Crippen LogP contribution in [0.25, 0.3) is 0 Å². The second-order valence-electron chi connectivity index (χ2n) is 8.10. The highest BCUT2D eigenvalue weighted by Gasteiger charge is 2.37. The SMILES string of the molecule is CC1CCC(CNC2CC2)(CN(C)C2CCOCC2)CC1. The van der Waals surface area contributed by atoms with Gasteiger partial charge in [0, 0.05) is 38.4 Å². The van der Waals surface area contributed by atoms with Gasteiger partial charge in [-0.1, -0.05) is 19.8 Å². The fourth-order valence-electron chi connectivity index (χ4n) is 4.20. The first-order valence-electron chi connectivity index (χ1n) is 9.18. The molecule has 0 atom stereocenters. The maximum absolute atomic E-state index is 5.53. The Morgan fingerprint density at radius 3 is 2.33 bits per heavy atom. The zero-order chi connectivity index (χ0) is 14.7. The smallest absolute Gasteiger partial charge is 0.0480 e. The van der Waals surface area contributed by atoms with E-state index in [1.807, 2.05) is 0 Å². The average molecular weight is 294 g/mol.